The van der Waals surface area contributed by atoms with Crippen molar-refractivity contribution in [2.24, 2.45) is 5.11 Å². The van der Waals surface area contributed by atoms with Crippen LogP contribution in [0.25, 0.3) is 0 Å². The van der Waals surface area contributed by atoms with Gasteiger partial charge in [-0.05, 0) is 12.1 Å². The zero-order chi connectivity index (χ0) is 8.10. The summed E-state index contributed by atoms with van der Waals surface area (Å²) in [6, 6.07) is 3.02. The van der Waals surface area contributed by atoms with Crippen LogP contribution >= 0.6 is 0 Å². The predicted molar refractivity (Wildman–Crippen MR) is 35.8 cm³/mol. The second-order valence-corrected chi connectivity index (χ2v) is 1.74. The third kappa shape index (κ3) is 1.77. The standard InChI is InChI=1S/C6H5N4O/c7-10-9-6(11)5-1-3-8-4-2-5/h1-4,7H/q+1. The van der Waals surface area contributed by atoms with E-state index < -0.39 is 5.91 Å². The first-order chi connectivity index (χ1) is 5.34. The second-order valence-electron chi connectivity index (χ2n) is 1.74. The van der Waals surface area contributed by atoms with Crippen LogP contribution in [0.1, 0.15) is 10.4 Å². The average molecular weight is 149 g/mol. The fourth-order valence-corrected chi connectivity index (χ4v) is 0.598. The summed E-state index contributed by atoms with van der Waals surface area (Å²) in [6.45, 7) is 0. The van der Waals surface area contributed by atoms with Crippen molar-refractivity contribution < 1.29 is 4.79 Å². The monoisotopic (exact) mass is 149 g/mol. The molecule has 0 saturated carbocycles. The largest absolute Gasteiger partial charge is 0.360 e. The van der Waals surface area contributed by atoms with E-state index in [1.54, 1.807) is 0 Å². The molecule has 0 unspecified atom stereocenters. The van der Waals surface area contributed by atoms with E-state index in [9.17, 15) is 4.79 Å². The molecule has 0 atom stereocenters. The van der Waals surface area contributed by atoms with Crippen LogP contribution in [0.15, 0.2) is 29.6 Å². The molecule has 1 N–H and O–H groups in total. The van der Waals surface area contributed by atoms with E-state index in [4.69, 9.17) is 5.53 Å². The van der Waals surface area contributed by atoms with Crippen LogP contribution in [-0.2, 0) is 0 Å². The van der Waals surface area contributed by atoms with Crippen LogP contribution in [0.5, 0.6) is 0 Å². The first-order valence-electron chi connectivity index (χ1n) is 2.86. The van der Waals surface area contributed by atoms with Crippen molar-refractivity contribution in [1.82, 2.24) is 9.90 Å². The molecule has 0 bridgehead atoms. The van der Waals surface area contributed by atoms with E-state index in [2.05, 4.69) is 15.0 Å². The topological polar surface area (TPSA) is 80.3 Å². The van der Waals surface area contributed by atoms with Gasteiger partial charge in [-0.2, -0.15) is 0 Å². The summed E-state index contributed by atoms with van der Waals surface area (Å²) in [5, 5.41) is 3.02. The quantitative estimate of drug-likeness (QED) is 0.472. The Balaban J connectivity index is 2.94. The molecular formula is C6H5N4O+. The zero-order valence-electron chi connectivity index (χ0n) is 5.56. The third-order valence-electron chi connectivity index (χ3n) is 1.07. The van der Waals surface area contributed by atoms with Gasteiger partial charge < -0.3 is 0 Å². The van der Waals surface area contributed by atoms with Crippen LogP contribution in [-0.4, -0.2) is 10.9 Å². The van der Waals surface area contributed by atoms with Gasteiger partial charge in [0.2, 0.25) is 10.0 Å². The van der Waals surface area contributed by atoms with Gasteiger partial charge in [0.1, 0.15) is 5.53 Å². The van der Waals surface area contributed by atoms with E-state index in [-0.39, 0.29) is 0 Å². The van der Waals surface area contributed by atoms with Gasteiger partial charge in [-0.25, -0.2) is 0 Å². The maximum Gasteiger partial charge on any atom is 0.360 e. The lowest BCUT2D eigenvalue weighted by molar-refractivity contribution is 0.0992. The first kappa shape index (κ1) is 7.24. The van der Waals surface area contributed by atoms with Crippen LogP contribution in [0, 0.1) is 5.53 Å². The Morgan fingerprint density at radius 1 is 1.55 bits per heavy atom. The number of rotatable bonds is 1. The number of nitrogens with zero attached hydrogens (tertiary/aromatic N) is 3. The van der Waals surface area contributed by atoms with Gasteiger partial charge in [0.15, 0.2) is 0 Å². The Hall–Kier alpha value is -1.87. The summed E-state index contributed by atoms with van der Waals surface area (Å²) in [7, 11) is 0. The molecule has 0 fully saturated rings. The molecule has 0 saturated heterocycles. The van der Waals surface area contributed by atoms with Crippen molar-refractivity contribution in [3.05, 3.63) is 30.1 Å². The molecule has 0 radical (unpaired) electrons. The fourth-order valence-electron chi connectivity index (χ4n) is 0.598. The molecule has 0 aromatic carbocycles. The van der Waals surface area contributed by atoms with Crippen molar-refractivity contribution in [2.45, 2.75) is 0 Å². The number of amides is 1. The molecule has 1 aromatic heterocycles. The van der Waals surface area contributed by atoms with E-state index in [1.807, 2.05) is 0 Å². The highest BCUT2D eigenvalue weighted by atomic mass is 16.1. The molecule has 1 amide bonds. The maximum absolute atomic E-state index is 10.8. The van der Waals surface area contributed by atoms with Crippen LogP contribution in [0.4, 0.5) is 0 Å². The summed E-state index contributed by atoms with van der Waals surface area (Å²) in [5.74, 6) is -0.526. The molecule has 5 nitrogen and oxygen atoms in total. The Morgan fingerprint density at radius 2 is 2.18 bits per heavy atom. The molecule has 0 aliphatic rings. The Bertz CT molecular complexity index is 302. The highest BCUT2D eigenvalue weighted by molar-refractivity contribution is 5.94. The van der Waals surface area contributed by atoms with Crippen molar-refractivity contribution in [3.63, 3.8) is 0 Å². The minimum atomic E-state index is -0.526. The maximum atomic E-state index is 10.8. The van der Waals surface area contributed by atoms with Crippen LogP contribution < -0.4 is 4.91 Å². The summed E-state index contributed by atoms with van der Waals surface area (Å²) in [6.07, 6.45) is 2.96. The normalized spacial score (nSPS) is 8.36. The minimum Gasteiger partial charge on any atom is -0.265 e. The highest BCUT2D eigenvalue weighted by Gasteiger charge is 2.07. The number of pyridine rings is 1. The molecule has 5 heteroatoms. The Kier molecular flexibility index (Phi) is 2.20. The zero-order valence-corrected chi connectivity index (χ0v) is 5.56. The summed E-state index contributed by atoms with van der Waals surface area (Å²) < 4.78 is 0. The fraction of sp³-hybridized carbons (Fsp3) is 0. The number of hydrogen-bond acceptors (Lipinski definition) is 3. The molecule has 1 rings (SSSR count). The lowest BCUT2D eigenvalue weighted by Gasteiger charge is -1.84. The van der Waals surface area contributed by atoms with Crippen molar-refractivity contribution in [2.75, 3.05) is 0 Å². The van der Waals surface area contributed by atoms with E-state index in [0.29, 0.717) is 5.56 Å². The number of nitrogens with one attached hydrogen (secondary N) is 1. The molecule has 54 valence electrons. The lowest BCUT2D eigenvalue weighted by atomic mass is 10.3. The number of carbonyl (C=O) groups is 1. The number of carbonyl (C=O) groups excluding carboxylic acids is 1. The summed E-state index contributed by atoms with van der Waals surface area (Å²) in [4.78, 5) is 17.2. The molecule has 0 spiro atoms. The van der Waals surface area contributed by atoms with E-state index in [1.165, 1.54) is 24.5 Å². The Labute approximate surface area is 62.3 Å². The van der Waals surface area contributed by atoms with Gasteiger partial charge in [-0.1, -0.05) is 0 Å². The number of hydrogen-bond donors (Lipinski definition) is 1. The Morgan fingerprint density at radius 3 is 2.73 bits per heavy atom. The molecule has 0 aliphatic carbocycles. The summed E-state index contributed by atoms with van der Waals surface area (Å²) >= 11 is 0. The SMILES string of the molecule is N=[N+]=NC(=O)c1ccncc1. The average Bonchev–Trinajstić information content (AvgIpc) is 2.07. The highest BCUT2D eigenvalue weighted by Crippen LogP contribution is 1.96. The molecule has 1 heterocycles. The third-order valence-corrected chi connectivity index (χ3v) is 1.07. The van der Waals surface area contributed by atoms with Crippen LogP contribution in [0.3, 0.4) is 0 Å². The van der Waals surface area contributed by atoms with Crippen LogP contribution in [0.2, 0.25) is 0 Å². The van der Waals surface area contributed by atoms with Crippen molar-refractivity contribution in [3.8, 4) is 0 Å². The molecule has 11 heavy (non-hydrogen) atoms. The van der Waals surface area contributed by atoms with E-state index in [0.717, 1.165) is 0 Å². The van der Waals surface area contributed by atoms with Gasteiger partial charge in [0, 0.05) is 12.4 Å². The minimum absolute atomic E-state index is 0.385. The lowest BCUT2D eigenvalue weighted by Crippen LogP contribution is -1.93. The molecular weight excluding hydrogens is 144 g/mol. The van der Waals surface area contributed by atoms with Crippen molar-refractivity contribution in [1.29, 1.82) is 5.53 Å². The predicted octanol–water partition coefficient (Wildman–Crippen LogP) is 0.772. The van der Waals surface area contributed by atoms with Gasteiger partial charge in [-0.3, -0.25) is 9.78 Å². The van der Waals surface area contributed by atoms with Gasteiger partial charge >= 0.3 is 5.91 Å². The van der Waals surface area contributed by atoms with Gasteiger partial charge in [0.25, 0.3) is 0 Å². The second kappa shape index (κ2) is 3.34. The number of aromatic nitrogens is 1. The van der Waals surface area contributed by atoms with Crippen molar-refractivity contribution >= 4 is 5.91 Å². The van der Waals surface area contributed by atoms with Gasteiger partial charge in [0.05, 0.1) is 5.56 Å². The first-order valence-corrected chi connectivity index (χ1v) is 2.86. The smallest absolute Gasteiger partial charge is 0.265 e. The van der Waals surface area contributed by atoms with E-state index >= 15 is 0 Å². The molecule has 0 aliphatic heterocycles. The van der Waals surface area contributed by atoms with Gasteiger partial charge in [-0.15, -0.1) is 0 Å². The summed E-state index contributed by atoms with van der Waals surface area (Å²) in [5.41, 5.74) is 6.69. The molecule has 1 aromatic rings.